The molecule has 1 aromatic rings. The Balaban J connectivity index is 1.75. The van der Waals surface area contributed by atoms with Crippen LogP contribution in [0.25, 0.3) is 0 Å². The molecule has 2 fully saturated rings. The summed E-state index contributed by atoms with van der Waals surface area (Å²) < 4.78 is 0. The highest BCUT2D eigenvalue weighted by molar-refractivity contribution is 5.28. The Hall–Kier alpha value is -0.820. The van der Waals surface area contributed by atoms with Crippen molar-refractivity contribution in [2.45, 2.75) is 63.9 Å². The van der Waals surface area contributed by atoms with Crippen LogP contribution in [0.2, 0.25) is 0 Å². The lowest BCUT2D eigenvalue weighted by molar-refractivity contribution is 0.0408. The average Bonchev–Trinajstić information content (AvgIpc) is 2.75. The lowest BCUT2D eigenvalue weighted by Gasteiger charge is -2.31. The number of aliphatic hydroxyl groups excluding tert-OH is 1. The first-order chi connectivity index (χ1) is 8.69. The van der Waals surface area contributed by atoms with Gasteiger partial charge in [-0.3, -0.25) is 0 Å². The standard InChI is InChI=1S/C17H24O/c1-17(11-2-3-12-17)16(18)15-9-7-14(8-10-15)13-5-4-6-13/h7-10,13,16,18H,2-6,11-12H2,1H3. The first kappa shape index (κ1) is 12.2. The van der Waals surface area contributed by atoms with Crippen molar-refractivity contribution >= 4 is 0 Å². The van der Waals surface area contributed by atoms with Crippen LogP contribution < -0.4 is 0 Å². The normalized spacial score (nSPS) is 24.8. The minimum absolute atomic E-state index is 0.109. The molecule has 0 radical (unpaired) electrons. The molecule has 18 heavy (non-hydrogen) atoms. The van der Waals surface area contributed by atoms with Crippen LogP contribution in [-0.2, 0) is 0 Å². The van der Waals surface area contributed by atoms with Crippen molar-refractivity contribution in [1.29, 1.82) is 0 Å². The second kappa shape index (κ2) is 4.70. The van der Waals surface area contributed by atoms with E-state index in [1.807, 2.05) is 0 Å². The molecule has 0 bridgehead atoms. The molecule has 0 aromatic heterocycles. The molecule has 1 unspecified atom stereocenters. The van der Waals surface area contributed by atoms with Crippen molar-refractivity contribution in [3.05, 3.63) is 35.4 Å². The lowest BCUT2D eigenvalue weighted by Crippen LogP contribution is -2.22. The maximum absolute atomic E-state index is 10.6. The third kappa shape index (κ3) is 2.09. The quantitative estimate of drug-likeness (QED) is 0.826. The van der Waals surface area contributed by atoms with E-state index in [9.17, 15) is 5.11 Å². The molecule has 98 valence electrons. The highest BCUT2D eigenvalue weighted by Crippen LogP contribution is 2.47. The summed E-state index contributed by atoms with van der Waals surface area (Å²) in [5, 5.41) is 10.6. The van der Waals surface area contributed by atoms with E-state index in [2.05, 4.69) is 31.2 Å². The minimum Gasteiger partial charge on any atom is -0.388 e. The molecular formula is C17H24O. The minimum atomic E-state index is -0.282. The molecule has 0 spiro atoms. The van der Waals surface area contributed by atoms with E-state index in [-0.39, 0.29) is 11.5 Å². The lowest BCUT2D eigenvalue weighted by atomic mass is 9.77. The van der Waals surface area contributed by atoms with Crippen molar-refractivity contribution in [3.8, 4) is 0 Å². The van der Waals surface area contributed by atoms with E-state index in [0.717, 1.165) is 11.5 Å². The Morgan fingerprint density at radius 1 is 1.06 bits per heavy atom. The van der Waals surface area contributed by atoms with E-state index >= 15 is 0 Å². The third-order valence-electron chi connectivity index (χ3n) is 5.23. The van der Waals surface area contributed by atoms with E-state index < -0.39 is 0 Å². The summed E-state index contributed by atoms with van der Waals surface area (Å²) in [6.07, 6.45) is 8.67. The molecule has 1 nitrogen and oxygen atoms in total. The maximum Gasteiger partial charge on any atom is 0.0843 e. The van der Waals surface area contributed by atoms with E-state index in [4.69, 9.17) is 0 Å². The predicted octanol–water partition coefficient (Wildman–Crippen LogP) is 4.57. The van der Waals surface area contributed by atoms with E-state index in [0.29, 0.717) is 0 Å². The van der Waals surface area contributed by atoms with Crippen molar-refractivity contribution in [2.24, 2.45) is 5.41 Å². The molecule has 0 aliphatic heterocycles. The third-order valence-corrected chi connectivity index (χ3v) is 5.23. The molecule has 3 rings (SSSR count). The van der Waals surface area contributed by atoms with Crippen molar-refractivity contribution in [3.63, 3.8) is 0 Å². The van der Waals surface area contributed by atoms with Gasteiger partial charge in [-0.1, -0.05) is 50.5 Å². The van der Waals surface area contributed by atoms with Crippen LogP contribution >= 0.6 is 0 Å². The smallest absolute Gasteiger partial charge is 0.0843 e. The van der Waals surface area contributed by atoms with Crippen molar-refractivity contribution < 1.29 is 5.11 Å². The highest BCUT2D eigenvalue weighted by atomic mass is 16.3. The Kier molecular flexibility index (Phi) is 3.19. The largest absolute Gasteiger partial charge is 0.388 e. The van der Waals surface area contributed by atoms with E-state index in [1.54, 1.807) is 0 Å². The number of benzene rings is 1. The van der Waals surface area contributed by atoms with Crippen molar-refractivity contribution in [1.82, 2.24) is 0 Å². The van der Waals surface area contributed by atoms with Gasteiger partial charge in [-0.15, -0.1) is 0 Å². The SMILES string of the molecule is CC1(C(O)c2ccc(C3CCC3)cc2)CCCC1. The van der Waals surface area contributed by atoms with Gasteiger partial charge in [0.15, 0.2) is 0 Å². The Bertz CT molecular complexity index is 396. The molecule has 0 heterocycles. The number of aliphatic hydroxyl groups is 1. The predicted molar refractivity (Wildman–Crippen MR) is 74.6 cm³/mol. The molecule has 2 aliphatic carbocycles. The summed E-state index contributed by atoms with van der Waals surface area (Å²) in [5.74, 6) is 0.790. The van der Waals surface area contributed by atoms with Gasteiger partial charge in [0.1, 0.15) is 0 Å². The summed E-state index contributed by atoms with van der Waals surface area (Å²) in [6.45, 7) is 2.24. The summed E-state index contributed by atoms with van der Waals surface area (Å²) >= 11 is 0. The van der Waals surface area contributed by atoms with Gasteiger partial charge in [0, 0.05) is 0 Å². The second-order valence-electron chi connectivity index (χ2n) is 6.56. The molecule has 0 amide bonds. The van der Waals surface area contributed by atoms with Gasteiger partial charge in [0.05, 0.1) is 6.10 Å². The molecule has 0 saturated heterocycles. The highest BCUT2D eigenvalue weighted by Gasteiger charge is 2.36. The average molecular weight is 244 g/mol. The zero-order valence-corrected chi connectivity index (χ0v) is 11.4. The summed E-state index contributed by atoms with van der Waals surface area (Å²) in [4.78, 5) is 0. The summed E-state index contributed by atoms with van der Waals surface area (Å²) in [7, 11) is 0. The first-order valence-electron chi connectivity index (χ1n) is 7.47. The summed E-state index contributed by atoms with van der Waals surface area (Å²) in [5.41, 5.74) is 2.69. The van der Waals surface area contributed by atoms with Crippen molar-refractivity contribution in [2.75, 3.05) is 0 Å². The zero-order chi connectivity index (χ0) is 12.6. The molecule has 1 N–H and O–H groups in total. The fourth-order valence-corrected chi connectivity index (χ4v) is 3.55. The van der Waals surface area contributed by atoms with Gasteiger partial charge in [-0.2, -0.15) is 0 Å². The Morgan fingerprint density at radius 3 is 2.17 bits per heavy atom. The fraction of sp³-hybridized carbons (Fsp3) is 0.647. The van der Waals surface area contributed by atoms with Crippen LogP contribution in [0, 0.1) is 5.41 Å². The molecule has 1 aromatic carbocycles. The maximum atomic E-state index is 10.6. The molecule has 1 heteroatoms. The first-order valence-corrected chi connectivity index (χ1v) is 7.47. The van der Waals surface area contributed by atoms with Gasteiger partial charge in [0.25, 0.3) is 0 Å². The van der Waals surface area contributed by atoms with Gasteiger partial charge in [0.2, 0.25) is 0 Å². The van der Waals surface area contributed by atoms with Crippen LogP contribution in [-0.4, -0.2) is 5.11 Å². The monoisotopic (exact) mass is 244 g/mol. The second-order valence-corrected chi connectivity index (χ2v) is 6.56. The molecule has 2 aliphatic rings. The number of hydrogen-bond donors (Lipinski definition) is 1. The van der Waals surface area contributed by atoms with Gasteiger partial charge < -0.3 is 5.11 Å². The van der Waals surface area contributed by atoms with Gasteiger partial charge in [-0.05, 0) is 48.1 Å². The van der Waals surface area contributed by atoms with Gasteiger partial charge in [-0.25, -0.2) is 0 Å². The summed E-state index contributed by atoms with van der Waals surface area (Å²) in [6, 6.07) is 8.78. The van der Waals surface area contributed by atoms with E-state index in [1.165, 1.54) is 50.5 Å². The Morgan fingerprint density at radius 2 is 1.67 bits per heavy atom. The topological polar surface area (TPSA) is 20.2 Å². The fourth-order valence-electron chi connectivity index (χ4n) is 3.55. The van der Waals surface area contributed by atoms with Crippen LogP contribution in [0.1, 0.15) is 75.0 Å². The molecule has 1 atom stereocenters. The van der Waals surface area contributed by atoms with Crippen LogP contribution in [0.15, 0.2) is 24.3 Å². The molecular weight excluding hydrogens is 220 g/mol. The molecule has 2 saturated carbocycles. The van der Waals surface area contributed by atoms with Crippen LogP contribution in [0.4, 0.5) is 0 Å². The zero-order valence-electron chi connectivity index (χ0n) is 11.4. The number of rotatable bonds is 3. The van der Waals surface area contributed by atoms with Crippen LogP contribution in [0.5, 0.6) is 0 Å². The number of hydrogen-bond acceptors (Lipinski definition) is 1. The van der Waals surface area contributed by atoms with Crippen LogP contribution in [0.3, 0.4) is 0 Å². The Labute approximate surface area is 110 Å². The van der Waals surface area contributed by atoms with Gasteiger partial charge >= 0.3 is 0 Å².